The van der Waals surface area contributed by atoms with E-state index in [-0.39, 0.29) is 5.92 Å². The summed E-state index contributed by atoms with van der Waals surface area (Å²) in [6.07, 6.45) is -0.415. The van der Waals surface area contributed by atoms with E-state index in [4.69, 9.17) is 15.6 Å². The number of hydrogen-bond acceptors (Lipinski definition) is 4. The van der Waals surface area contributed by atoms with Crippen LogP contribution in [-0.4, -0.2) is 46.8 Å². The van der Waals surface area contributed by atoms with E-state index >= 15 is 0 Å². The van der Waals surface area contributed by atoms with Crippen LogP contribution < -0.4 is 5.73 Å². The number of carbonyl (C=O) groups is 2. The standard InChI is InChI=1S/C10H18N2O4/c1-10(2,3)16-9(15)12-4-6(5-12)7(11)8(13)14/h6-7H,4-5,11H2,1-3H3,(H,13,14)/t7-/m1/s1. The summed E-state index contributed by atoms with van der Waals surface area (Å²) < 4.78 is 5.13. The highest BCUT2D eigenvalue weighted by Crippen LogP contribution is 2.21. The molecule has 6 heteroatoms. The Morgan fingerprint density at radius 2 is 1.94 bits per heavy atom. The highest BCUT2D eigenvalue weighted by molar-refractivity contribution is 5.75. The van der Waals surface area contributed by atoms with Crippen molar-refractivity contribution < 1.29 is 19.4 Å². The van der Waals surface area contributed by atoms with Gasteiger partial charge >= 0.3 is 12.1 Å². The van der Waals surface area contributed by atoms with Crippen molar-refractivity contribution in [2.45, 2.75) is 32.4 Å². The lowest BCUT2D eigenvalue weighted by molar-refractivity contribution is -0.141. The van der Waals surface area contributed by atoms with E-state index in [0.29, 0.717) is 13.1 Å². The van der Waals surface area contributed by atoms with Gasteiger partial charge in [0, 0.05) is 19.0 Å². The largest absolute Gasteiger partial charge is 0.480 e. The number of carboxylic acid groups (broad SMARTS) is 1. The van der Waals surface area contributed by atoms with Gasteiger partial charge in [-0.3, -0.25) is 4.79 Å². The molecule has 1 aliphatic rings. The Morgan fingerprint density at radius 3 is 2.31 bits per heavy atom. The number of nitrogens with zero attached hydrogens (tertiary/aromatic N) is 1. The monoisotopic (exact) mass is 230 g/mol. The smallest absolute Gasteiger partial charge is 0.410 e. The highest BCUT2D eigenvalue weighted by Gasteiger charge is 2.39. The van der Waals surface area contributed by atoms with Gasteiger partial charge in [-0.2, -0.15) is 0 Å². The van der Waals surface area contributed by atoms with Crippen LogP contribution in [-0.2, 0) is 9.53 Å². The first-order valence-electron chi connectivity index (χ1n) is 5.17. The summed E-state index contributed by atoms with van der Waals surface area (Å²) in [6.45, 7) is 6.05. The van der Waals surface area contributed by atoms with Crippen LogP contribution >= 0.6 is 0 Å². The highest BCUT2D eigenvalue weighted by atomic mass is 16.6. The topological polar surface area (TPSA) is 92.9 Å². The summed E-state index contributed by atoms with van der Waals surface area (Å²) >= 11 is 0. The van der Waals surface area contributed by atoms with E-state index in [0.717, 1.165) is 0 Å². The third-order valence-corrected chi connectivity index (χ3v) is 2.35. The predicted molar refractivity (Wildman–Crippen MR) is 56.9 cm³/mol. The Labute approximate surface area is 94.3 Å². The van der Waals surface area contributed by atoms with Crippen LogP contribution in [0.2, 0.25) is 0 Å². The van der Waals surface area contributed by atoms with E-state index in [9.17, 15) is 9.59 Å². The lowest BCUT2D eigenvalue weighted by atomic mass is 9.93. The molecule has 1 aliphatic heterocycles. The van der Waals surface area contributed by atoms with Crippen molar-refractivity contribution in [1.82, 2.24) is 4.90 Å². The van der Waals surface area contributed by atoms with Gasteiger partial charge in [-0.05, 0) is 20.8 Å². The van der Waals surface area contributed by atoms with E-state index in [1.165, 1.54) is 4.90 Å². The summed E-state index contributed by atoms with van der Waals surface area (Å²) in [5, 5.41) is 8.67. The fourth-order valence-electron chi connectivity index (χ4n) is 1.42. The van der Waals surface area contributed by atoms with Gasteiger partial charge in [0.2, 0.25) is 0 Å². The van der Waals surface area contributed by atoms with Crippen LogP contribution in [0.5, 0.6) is 0 Å². The molecule has 0 saturated carbocycles. The van der Waals surface area contributed by atoms with Crippen molar-refractivity contribution in [2.75, 3.05) is 13.1 Å². The second-order valence-electron chi connectivity index (χ2n) is 5.01. The molecule has 16 heavy (non-hydrogen) atoms. The fraction of sp³-hybridized carbons (Fsp3) is 0.800. The Bertz CT molecular complexity index is 292. The van der Waals surface area contributed by atoms with E-state index < -0.39 is 23.7 Å². The second-order valence-corrected chi connectivity index (χ2v) is 5.01. The first-order chi connectivity index (χ1) is 7.20. The Morgan fingerprint density at radius 1 is 1.44 bits per heavy atom. The molecule has 0 spiro atoms. The predicted octanol–water partition coefficient (Wildman–Crippen LogP) is 0.265. The maximum absolute atomic E-state index is 11.5. The molecule has 6 nitrogen and oxygen atoms in total. The van der Waals surface area contributed by atoms with Crippen LogP contribution in [0.15, 0.2) is 0 Å². The molecule has 1 atom stereocenters. The van der Waals surface area contributed by atoms with Crippen molar-refractivity contribution in [3.63, 3.8) is 0 Å². The fourth-order valence-corrected chi connectivity index (χ4v) is 1.42. The molecule has 92 valence electrons. The maximum Gasteiger partial charge on any atom is 0.410 e. The number of carboxylic acids is 1. The normalized spacial score (nSPS) is 18.9. The molecule has 1 heterocycles. The van der Waals surface area contributed by atoms with Crippen LogP contribution in [0.1, 0.15) is 20.8 Å². The molecule has 0 aliphatic carbocycles. The van der Waals surface area contributed by atoms with Crippen LogP contribution in [0.4, 0.5) is 4.79 Å². The quantitative estimate of drug-likeness (QED) is 0.710. The van der Waals surface area contributed by atoms with Gasteiger partial charge in [0.25, 0.3) is 0 Å². The third-order valence-electron chi connectivity index (χ3n) is 2.35. The van der Waals surface area contributed by atoms with Gasteiger partial charge in [0.15, 0.2) is 0 Å². The van der Waals surface area contributed by atoms with Crippen LogP contribution in [0.3, 0.4) is 0 Å². The number of ether oxygens (including phenoxy) is 1. The van der Waals surface area contributed by atoms with Crippen molar-refractivity contribution in [1.29, 1.82) is 0 Å². The van der Waals surface area contributed by atoms with Crippen LogP contribution in [0.25, 0.3) is 0 Å². The van der Waals surface area contributed by atoms with Crippen molar-refractivity contribution in [3.8, 4) is 0 Å². The molecule has 0 aromatic heterocycles. The second kappa shape index (κ2) is 4.29. The van der Waals surface area contributed by atoms with Crippen molar-refractivity contribution in [3.05, 3.63) is 0 Å². The summed E-state index contributed by atoms with van der Waals surface area (Å²) in [7, 11) is 0. The average Bonchev–Trinajstić information content (AvgIpc) is 1.96. The zero-order valence-corrected chi connectivity index (χ0v) is 9.77. The zero-order valence-electron chi connectivity index (χ0n) is 9.77. The lowest BCUT2D eigenvalue weighted by Gasteiger charge is -2.41. The summed E-state index contributed by atoms with van der Waals surface area (Å²) in [5.41, 5.74) is 4.90. The molecule has 1 amide bonds. The van der Waals surface area contributed by atoms with Gasteiger partial charge in [0.05, 0.1) is 0 Å². The molecular formula is C10H18N2O4. The van der Waals surface area contributed by atoms with Gasteiger partial charge in [-0.15, -0.1) is 0 Å². The molecule has 0 aromatic carbocycles. The number of amides is 1. The molecule has 1 fully saturated rings. The number of carbonyl (C=O) groups excluding carboxylic acids is 1. The minimum absolute atomic E-state index is 0.176. The molecule has 0 aromatic rings. The van der Waals surface area contributed by atoms with Gasteiger partial charge < -0.3 is 20.5 Å². The summed E-state index contributed by atoms with van der Waals surface area (Å²) in [4.78, 5) is 23.5. The van der Waals surface area contributed by atoms with Gasteiger partial charge in [-0.25, -0.2) is 4.79 Å². The number of aliphatic carboxylic acids is 1. The van der Waals surface area contributed by atoms with E-state index in [1.807, 2.05) is 0 Å². The van der Waals surface area contributed by atoms with Crippen molar-refractivity contribution in [2.24, 2.45) is 11.7 Å². The molecular weight excluding hydrogens is 212 g/mol. The number of likely N-dealkylation sites (tertiary alicyclic amines) is 1. The minimum Gasteiger partial charge on any atom is -0.480 e. The SMILES string of the molecule is CC(C)(C)OC(=O)N1CC([C@@H](N)C(=O)O)C1. The molecule has 3 N–H and O–H groups in total. The van der Waals surface area contributed by atoms with Crippen LogP contribution in [0, 0.1) is 5.92 Å². The Hall–Kier alpha value is -1.30. The summed E-state index contributed by atoms with van der Waals surface area (Å²) in [5.74, 6) is -1.21. The Balaban J connectivity index is 2.36. The summed E-state index contributed by atoms with van der Waals surface area (Å²) in [6, 6.07) is -0.904. The first-order valence-corrected chi connectivity index (χ1v) is 5.17. The van der Waals surface area contributed by atoms with Crippen molar-refractivity contribution >= 4 is 12.1 Å². The van der Waals surface area contributed by atoms with Gasteiger partial charge in [-0.1, -0.05) is 0 Å². The third kappa shape index (κ3) is 3.10. The zero-order chi connectivity index (χ0) is 12.5. The minimum atomic E-state index is -1.03. The molecule has 1 saturated heterocycles. The first kappa shape index (κ1) is 12.8. The molecule has 0 radical (unpaired) electrons. The Kier molecular flexibility index (Phi) is 3.42. The van der Waals surface area contributed by atoms with E-state index in [2.05, 4.69) is 0 Å². The van der Waals surface area contributed by atoms with E-state index in [1.54, 1.807) is 20.8 Å². The average molecular weight is 230 g/mol. The molecule has 0 bridgehead atoms. The van der Waals surface area contributed by atoms with Gasteiger partial charge in [0.1, 0.15) is 11.6 Å². The number of nitrogens with two attached hydrogens (primary N) is 1. The lowest BCUT2D eigenvalue weighted by Crippen LogP contribution is -2.59. The maximum atomic E-state index is 11.5. The number of hydrogen-bond donors (Lipinski definition) is 2. The number of rotatable bonds is 2. The molecule has 1 rings (SSSR count). The molecule has 0 unspecified atom stereocenters.